The van der Waals surface area contributed by atoms with E-state index in [1.165, 1.54) is 0 Å². The highest BCUT2D eigenvalue weighted by Gasteiger charge is 2.26. The van der Waals surface area contributed by atoms with Crippen LogP contribution >= 0.6 is 0 Å². The zero-order chi connectivity index (χ0) is 8.16. The van der Waals surface area contributed by atoms with Crippen molar-refractivity contribution < 1.29 is 9.84 Å². The van der Waals surface area contributed by atoms with E-state index in [2.05, 4.69) is 0 Å². The van der Waals surface area contributed by atoms with Gasteiger partial charge in [-0.05, 0) is 25.7 Å². The summed E-state index contributed by atoms with van der Waals surface area (Å²) in [5.41, 5.74) is 6.00. The number of rotatable bonds is 3. The maximum atomic E-state index is 8.62. The Hall–Kier alpha value is -0.120. The fourth-order valence-electron chi connectivity index (χ4n) is 1.46. The van der Waals surface area contributed by atoms with Crippen molar-refractivity contribution in [2.24, 2.45) is 5.73 Å². The summed E-state index contributed by atoms with van der Waals surface area (Å²) in [6, 6.07) is 0. The molecule has 1 fully saturated rings. The summed E-state index contributed by atoms with van der Waals surface area (Å²) in [4.78, 5) is 0. The highest BCUT2D eigenvalue weighted by molar-refractivity contribution is 4.85. The Balaban J connectivity index is 2.25. The van der Waals surface area contributed by atoms with E-state index in [9.17, 15) is 0 Å². The molecule has 3 nitrogen and oxygen atoms in total. The van der Waals surface area contributed by atoms with Crippen molar-refractivity contribution in [1.82, 2.24) is 0 Å². The molecule has 3 N–H and O–H groups in total. The maximum Gasteiger partial charge on any atom is 0.0483 e. The predicted octanol–water partition coefficient (Wildman–Crippen LogP) is 0.267. The minimum absolute atomic E-state index is 0.0546. The molecule has 1 aliphatic rings. The molecule has 66 valence electrons. The first-order chi connectivity index (χ1) is 5.27. The summed E-state index contributed by atoms with van der Waals surface area (Å²) in [6.45, 7) is 1.81. The van der Waals surface area contributed by atoms with E-state index in [1.807, 2.05) is 0 Å². The lowest BCUT2D eigenvalue weighted by atomic mass is 9.87. The second-order valence-corrected chi connectivity index (χ2v) is 3.30. The van der Waals surface area contributed by atoms with E-state index in [0.717, 1.165) is 38.9 Å². The molecule has 0 amide bonds. The first-order valence-corrected chi connectivity index (χ1v) is 4.24. The summed E-state index contributed by atoms with van der Waals surface area (Å²) >= 11 is 0. The number of nitrogens with two attached hydrogens (primary N) is 1. The Kier molecular flexibility index (Phi) is 3.30. The molecule has 0 aromatic carbocycles. The quantitative estimate of drug-likeness (QED) is 0.621. The second-order valence-electron chi connectivity index (χ2n) is 3.30. The van der Waals surface area contributed by atoms with Crippen LogP contribution in [0.1, 0.15) is 25.7 Å². The molecule has 0 saturated carbocycles. The zero-order valence-corrected chi connectivity index (χ0v) is 6.88. The van der Waals surface area contributed by atoms with Gasteiger partial charge >= 0.3 is 0 Å². The van der Waals surface area contributed by atoms with Gasteiger partial charge in [0.05, 0.1) is 0 Å². The minimum atomic E-state index is -0.0546. The van der Waals surface area contributed by atoms with Gasteiger partial charge in [-0.25, -0.2) is 0 Å². The molecule has 0 aromatic heterocycles. The van der Waals surface area contributed by atoms with Crippen LogP contribution < -0.4 is 5.73 Å². The molecule has 0 aromatic rings. The summed E-state index contributed by atoms with van der Waals surface area (Å²) in [5.74, 6) is 0. The van der Waals surface area contributed by atoms with E-state index in [1.54, 1.807) is 0 Å². The van der Waals surface area contributed by atoms with Gasteiger partial charge in [0.15, 0.2) is 0 Å². The molecule has 11 heavy (non-hydrogen) atoms. The number of hydrogen-bond acceptors (Lipinski definition) is 3. The minimum Gasteiger partial charge on any atom is -0.396 e. The van der Waals surface area contributed by atoms with Crippen molar-refractivity contribution in [3.05, 3.63) is 0 Å². The summed E-state index contributed by atoms with van der Waals surface area (Å²) < 4.78 is 5.20. The normalized spacial score (nSPS) is 23.5. The number of hydrogen-bond donors (Lipinski definition) is 2. The molecular weight excluding hydrogens is 142 g/mol. The first-order valence-electron chi connectivity index (χ1n) is 4.24. The van der Waals surface area contributed by atoms with Crippen LogP contribution in [-0.4, -0.2) is 30.5 Å². The molecular formula is C8H17NO2. The third kappa shape index (κ3) is 2.77. The number of ether oxygens (including phenoxy) is 1. The molecule has 1 rings (SSSR count). The van der Waals surface area contributed by atoms with Gasteiger partial charge in [0.1, 0.15) is 0 Å². The van der Waals surface area contributed by atoms with Gasteiger partial charge in [-0.15, -0.1) is 0 Å². The fourth-order valence-corrected chi connectivity index (χ4v) is 1.46. The van der Waals surface area contributed by atoms with E-state index in [0.29, 0.717) is 0 Å². The Morgan fingerprint density at radius 2 is 2.00 bits per heavy atom. The standard InChI is InChI=1S/C8H17NO2/c9-8(2-1-5-10)3-6-11-7-4-8/h10H,1-7,9H2. The predicted molar refractivity (Wildman–Crippen MR) is 43.3 cm³/mol. The van der Waals surface area contributed by atoms with Crippen molar-refractivity contribution in [1.29, 1.82) is 0 Å². The molecule has 0 bridgehead atoms. The summed E-state index contributed by atoms with van der Waals surface area (Å²) in [5, 5.41) is 8.62. The van der Waals surface area contributed by atoms with Gasteiger partial charge in [-0.2, -0.15) is 0 Å². The topological polar surface area (TPSA) is 55.5 Å². The highest BCUT2D eigenvalue weighted by Crippen LogP contribution is 2.22. The van der Waals surface area contributed by atoms with Gasteiger partial charge < -0.3 is 15.6 Å². The highest BCUT2D eigenvalue weighted by atomic mass is 16.5. The lowest BCUT2D eigenvalue weighted by molar-refractivity contribution is 0.0477. The van der Waals surface area contributed by atoms with Gasteiger partial charge in [0.2, 0.25) is 0 Å². The lowest BCUT2D eigenvalue weighted by Gasteiger charge is -2.33. The number of aliphatic hydroxyl groups is 1. The summed E-state index contributed by atoms with van der Waals surface area (Å²) in [7, 11) is 0. The molecule has 1 aliphatic heterocycles. The monoisotopic (exact) mass is 159 g/mol. The molecule has 1 heterocycles. The average molecular weight is 159 g/mol. The Morgan fingerprint density at radius 3 is 2.55 bits per heavy atom. The molecule has 0 radical (unpaired) electrons. The van der Waals surface area contributed by atoms with Crippen LogP contribution in [0.25, 0.3) is 0 Å². The van der Waals surface area contributed by atoms with Crippen molar-refractivity contribution in [2.75, 3.05) is 19.8 Å². The van der Waals surface area contributed by atoms with Gasteiger partial charge in [0, 0.05) is 25.4 Å². The van der Waals surface area contributed by atoms with Gasteiger partial charge in [-0.1, -0.05) is 0 Å². The maximum absolute atomic E-state index is 8.62. The first kappa shape index (κ1) is 8.97. The molecule has 3 heteroatoms. The van der Waals surface area contributed by atoms with Crippen LogP contribution in [0.5, 0.6) is 0 Å². The van der Waals surface area contributed by atoms with Crippen LogP contribution in [0.15, 0.2) is 0 Å². The average Bonchev–Trinajstić information content (AvgIpc) is 2.03. The molecule has 0 atom stereocenters. The second kappa shape index (κ2) is 4.04. The molecule has 1 saturated heterocycles. The van der Waals surface area contributed by atoms with Crippen molar-refractivity contribution >= 4 is 0 Å². The van der Waals surface area contributed by atoms with Crippen LogP contribution in [0.4, 0.5) is 0 Å². The van der Waals surface area contributed by atoms with E-state index < -0.39 is 0 Å². The van der Waals surface area contributed by atoms with E-state index in [-0.39, 0.29) is 12.1 Å². The Morgan fingerprint density at radius 1 is 1.36 bits per heavy atom. The third-order valence-corrected chi connectivity index (χ3v) is 2.32. The van der Waals surface area contributed by atoms with Crippen molar-refractivity contribution in [3.8, 4) is 0 Å². The van der Waals surface area contributed by atoms with Crippen LogP contribution in [0.3, 0.4) is 0 Å². The smallest absolute Gasteiger partial charge is 0.0483 e. The van der Waals surface area contributed by atoms with Crippen LogP contribution in [0, 0.1) is 0 Å². The summed E-state index contributed by atoms with van der Waals surface area (Å²) in [6.07, 6.45) is 3.61. The lowest BCUT2D eigenvalue weighted by Crippen LogP contribution is -2.45. The van der Waals surface area contributed by atoms with E-state index in [4.69, 9.17) is 15.6 Å². The molecule has 0 aliphatic carbocycles. The fraction of sp³-hybridized carbons (Fsp3) is 1.00. The van der Waals surface area contributed by atoms with Gasteiger partial charge in [-0.3, -0.25) is 0 Å². The van der Waals surface area contributed by atoms with Crippen molar-refractivity contribution in [2.45, 2.75) is 31.2 Å². The molecule has 0 spiro atoms. The van der Waals surface area contributed by atoms with Crippen molar-refractivity contribution in [3.63, 3.8) is 0 Å². The largest absolute Gasteiger partial charge is 0.396 e. The molecule has 0 unspecified atom stereocenters. The zero-order valence-electron chi connectivity index (χ0n) is 6.88. The van der Waals surface area contributed by atoms with Crippen LogP contribution in [-0.2, 0) is 4.74 Å². The number of aliphatic hydroxyl groups excluding tert-OH is 1. The van der Waals surface area contributed by atoms with Crippen LogP contribution in [0.2, 0.25) is 0 Å². The SMILES string of the molecule is NC1(CCCO)CCOCC1. The Bertz CT molecular complexity index is 111. The van der Waals surface area contributed by atoms with E-state index >= 15 is 0 Å². The Labute approximate surface area is 67.5 Å². The van der Waals surface area contributed by atoms with Gasteiger partial charge in [0.25, 0.3) is 0 Å². The third-order valence-electron chi connectivity index (χ3n) is 2.32.